The van der Waals surface area contributed by atoms with Gasteiger partial charge < -0.3 is 14.8 Å². The molecule has 0 aromatic carbocycles. The molecule has 0 aromatic heterocycles. The predicted molar refractivity (Wildman–Crippen MR) is 68.6 cm³/mol. The second-order valence-electron chi connectivity index (χ2n) is 4.35. The summed E-state index contributed by atoms with van der Waals surface area (Å²) in [6, 6.07) is 0.255. The van der Waals surface area contributed by atoms with Gasteiger partial charge in [0.2, 0.25) is 0 Å². The number of unbranched alkanes of at least 4 members (excludes halogenated alkanes) is 5. The SMILES string of the molecule is CCCCCCCCNC(C)C(OC)OC. The molecular formula is C13H29NO2. The summed E-state index contributed by atoms with van der Waals surface area (Å²) < 4.78 is 10.4. The van der Waals surface area contributed by atoms with Gasteiger partial charge in [0.1, 0.15) is 0 Å². The van der Waals surface area contributed by atoms with Crippen LogP contribution in [0.3, 0.4) is 0 Å². The normalized spacial score (nSPS) is 13.3. The standard InChI is InChI=1S/C13H29NO2/c1-5-6-7-8-9-10-11-14-12(2)13(15-3)16-4/h12-14H,5-11H2,1-4H3. The average molecular weight is 231 g/mol. The molecular weight excluding hydrogens is 202 g/mol. The first-order valence-electron chi connectivity index (χ1n) is 6.55. The highest BCUT2D eigenvalue weighted by Crippen LogP contribution is 2.05. The number of hydrogen-bond donors (Lipinski definition) is 1. The van der Waals surface area contributed by atoms with E-state index in [4.69, 9.17) is 9.47 Å². The number of hydrogen-bond acceptors (Lipinski definition) is 3. The van der Waals surface area contributed by atoms with E-state index in [0.717, 1.165) is 6.54 Å². The number of ether oxygens (including phenoxy) is 2. The first-order valence-corrected chi connectivity index (χ1v) is 6.55. The fourth-order valence-corrected chi connectivity index (χ4v) is 1.84. The van der Waals surface area contributed by atoms with E-state index in [1.165, 1.54) is 38.5 Å². The van der Waals surface area contributed by atoms with Crippen molar-refractivity contribution in [2.75, 3.05) is 20.8 Å². The molecule has 0 fully saturated rings. The third-order valence-electron chi connectivity index (χ3n) is 2.87. The van der Waals surface area contributed by atoms with Crippen molar-refractivity contribution in [3.63, 3.8) is 0 Å². The first kappa shape index (κ1) is 15.9. The van der Waals surface area contributed by atoms with E-state index in [0.29, 0.717) is 0 Å². The molecule has 0 saturated carbocycles. The van der Waals surface area contributed by atoms with Gasteiger partial charge in [-0.15, -0.1) is 0 Å². The Morgan fingerprint density at radius 3 is 2.06 bits per heavy atom. The van der Waals surface area contributed by atoms with Gasteiger partial charge in [0.25, 0.3) is 0 Å². The van der Waals surface area contributed by atoms with Crippen molar-refractivity contribution in [1.29, 1.82) is 0 Å². The summed E-state index contributed by atoms with van der Waals surface area (Å²) in [6.45, 7) is 5.39. The lowest BCUT2D eigenvalue weighted by molar-refractivity contribution is -0.119. The highest BCUT2D eigenvalue weighted by Gasteiger charge is 2.13. The lowest BCUT2D eigenvalue weighted by Crippen LogP contribution is -2.40. The predicted octanol–water partition coefficient (Wildman–Crippen LogP) is 2.94. The zero-order chi connectivity index (χ0) is 12.2. The van der Waals surface area contributed by atoms with E-state index in [1.54, 1.807) is 14.2 Å². The van der Waals surface area contributed by atoms with Gasteiger partial charge in [-0.3, -0.25) is 0 Å². The molecule has 0 heterocycles. The van der Waals surface area contributed by atoms with Crippen molar-refractivity contribution < 1.29 is 9.47 Å². The van der Waals surface area contributed by atoms with Crippen LogP contribution < -0.4 is 5.32 Å². The van der Waals surface area contributed by atoms with Gasteiger partial charge in [-0.05, 0) is 19.9 Å². The van der Waals surface area contributed by atoms with Crippen LogP contribution in [0.25, 0.3) is 0 Å². The monoisotopic (exact) mass is 231 g/mol. The van der Waals surface area contributed by atoms with E-state index < -0.39 is 0 Å². The molecule has 3 nitrogen and oxygen atoms in total. The molecule has 0 rings (SSSR count). The van der Waals surface area contributed by atoms with Gasteiger partial charge >= 0.3 is 0 Å². The molecule has 0 saturated heterocycles. The molecule has 3 heteroatoms. The summed E-state index contributed by atoms with van der Waals surface area (Å²) in [5.41, 5.74) is 0. The van der Waals surface area contributed by atoms with Crippen LogP contribution >= 0.6 is 0 Å². The molecule has 0 amide bonds. The molecule has 98 valence electrons. The van der Waals surface area contributed by atoms with E-state index in [9.17, 15) is 0 Å². The van der Waals surface area contributed by atoms with Gasteiger partial charge in [0.05, 0.1) is 6.04 Å². The minimum absolute atomic E-state index is 0.139. The van der Waals surface area contributed by atoms with Crippen LogP contribution in [-0.4, -0.2) is 33.1 Å². The third-order valence-corrected chi connectivity index (χ3v) is 2.87. The maximum absolute atomic E-state index is 5.19. The van der Waals surface area contributed by atoms with Crippen LogP contribution in [0.5, 0.6) is 0 Å². The van der Waals surface area contributed by atoms with E-state index >= 15 is 0 Å². The summed E-state index contributed by atoms with van der Waals surface area (Å²) in [6.07, 6.45) is 7.86. The summed E-state index contributed by atoms with van der Waals surface area (Å²) in [7, 11) is 3.36. The van der Waals surface area contributed by atoms with Gasteiger partial charge in [-0.1, -0.05) is 39.0 Å². The van der Waals surface area contributed by atoms with Crippen molar-refractivity contribution in [1.82, 2.24) is 5.32 Å². The molecule has 1 N–H and O–H groups in total. The third kappa shape index (κ3) is 8.08. The second kappa shape index (κ2) is 11.4. The number of rotatable bonds is 11. The Labute approximate surface area is 101 Å². The van der Waals surface area contributed by atoms with E-state index in [2.05, 4.69) is 19.2 Å². The van der Waals surface area contributed by atoms with Crippen LogP contribution in [0.15, 0.2) is 0 Å². The maximum atomic E-state index is 5.19. The summed E-state index contributed by atoms with van der Waals surface area (Å²) in [5, 5.41) is 3.43. The van der Waals surface area contributed by atoms with Crippen molar-refractivity contribution in [3.8, 4) is 0 Å². The highest BCUT2D eigenvalue weighted by molar-refractivity contribution is 4.64. The van der Waals surface area contributed by atoms with Crippen LogP contribution in [0.1, 0.15) is 52.4 Å². The zero-order valence-electron chi connectivity index (χ0n) is 11.4. The van der Waals surface area contributed by atoms with Crippen molar-refractivity contribution in [2.45, 2.75) is 64.7 Å². The Kier molecular flexibility index (Phi) is 11.3. The van der Waals surface area contributed by atoms with Gasteiger partial charge in [-0.25, -0.2) is 0 Å². The van der Waals surface area contributed by atoms with Crippen molar-refractivity contribution >= 4 is 0 Å². The minimum Gasteiger partial charge on any atom is -0.354 e. The Morgan fingerprint density at radius 2 is 1.50 bits per heavy atom. The fourth-order valence-electron chi connectivity index (χ4n) is 1.84. The second-order valence-corrected chi connectivity index (χ2v) is 4.35. The minimum atomic E-state index is -0.139. The summed E-state index contributed by atoms with van der Waals surface area (Å²) in [5.74, 6) is 0. The lowest BCUT2D eigenvalue weighted by Gasteiger charge is -2.22. The smallest absolute Gasteiger partial charge is 0.171 e. The molecule has 0 radical (unpaired) electrons. The average Bonchev–Trinajstić information content (AvgIpc) is 2.29. The van der Waals surface area contributed by atoms with E-state index in [1.807, 2.05) is 0 Å². The molecule has 1 unspecified atom stereocenters. The Bertz CT molecular complexity index is 138. The van der Waals surface area contributed by atoms with Gasteiger partial charge in [0.15, 0.2) is 6.29 Å². The van der Waals surface area contributed by atoms with Crippen LogP contribution in [0.2, 0.25) is 0 Å². The number of methoxy groups -OCH3 is 2. The molecule has 0 aliphatic heterocycles. The fraction of sp³-hybridized carbons (Fsp3) is 1.00. The van der Waals surface area contributed by atoms with E-state index in [-0.39, 0.29) is 12.3 Å². The van der Waals surface area contributed by atoms with Crippen molar-refractivity contribution in [2.24, 2.45) is 0 Å². The summed E-state index contributed by atoms with van der Waals surface area (Å²) in [4.78, 5) is 0. The van der Waals surface area contributed by atoms with Gasteiger partial charge in [0, 0.05) is 14.2 Å². The topological polar surface area (TPSA) is 30.5 Å². The molecule has 0 bridgehead atoms. The Balaban J connectivity index is 3.30. The molecule has 0 aliphatic carbocycles. The largest absolute Gasteiger partial charge is 0.354 e. The number of nitrogens with one attached hydrogen (secondary N) is 1. The molecule has 0 aliphatic rings. The zero-order valence-corrected chi connectivity index (χ0v) is 11.4. The molecule has 16 heavy (non-hydrogen) atoms. The summed E-state index contributed by atoms with van der Waals surface area (Å²) >= 11 is 0. The van der Waals surface area contributed by atoms with Crippen LogP contribution in [-0.2, 0) is 9.47 Å². The lowest BCUT2D eigenvalue weighted by atomic mass is 10.1. The molecule has 1 atom stereocenters. The van der Waals surface area contributed by atoms with Crippen molar-refractivity contribution in [3.05, 3.63) is 0 Å². The molecule has 0 aromatic rings. The van der Waals surface area contributed by atoms with Crippen LogP contribution in [0.4, 0.5) is 0 Å². The first-order chi connectivity index (χ1) is 7.76. The Hall–Kier alpha value is -0.120. The van der Waals surface area contributed by atoms with Gasteiger partial charge in [-0.2, -0.15) is 0 Å². The quantitative estimate of drug-likeness (QED) is 0.438. The Morgan fingerprint density at radius 1 is 0.938 bits per heavy atom. The highest BCUT2D eigenvalue weighted by atomic mass is 16.7. The molecule has 0 spiro atoms. The van der Waals surface area contributed by atoms with Crippen LogP contribution in [0, 0.1) is 0 Å². The maximum Gasteiger partial charge on any atom is 0.171 e.